The zero-order valence-electron chi connectivity index (χ0n) is 19.8. The number of fused-ring (bicyclic) bond motifs is 1. The molecule has 2 heterocycles. The second-order valence-electron chi connectivity index (χ2n) is 8.51. The summed E-state index contributed by atoms with van der Waals surface area (Å²) in [6.45, 7) is 5.14. The van der Waals surface area contributed by atoms with Crippen molar-refractivity contribution in [2.24, 2.45) is 5.92 Å². The van der Waals surface area contributed by atoms with Gasteiger partial charge in [0.05, 0.1) is 30.6 Å². The molecule has 3 atom stereocenters. The second kappa shape index (κ2) is 9.80. The molecule has 3 aromatic rings. The summed E-state index contributed by atoms with van der Waals surface area (Å²) in [5.74, 6) is 0.125. The third kappa shape index (κ3) is 4.23. The normalized spacial score (nSPS) is 21.4. The Bertz CT molecular complexity index is 1180. The Morgan fingerprint density at radius 1 is 0.771 bits per heavy atom. The number of benzene rings is 3. The molecule has 7 heteroatoms. The van der Waals surface area contributed by atoms with Crippen molar-refractivity contribution in [2.75, 3.05) is 23.2 Å². The molecule has 0 saturated carbocycles. The van der Waals surface area contributed by atoms with E-state index in [0.29, 0.717) is 24.7 Å². The van der Waals surface area contributed by atoms with E-state index in [-0.39, 0.29) is 11.8 Å². The average Bonchev–Trinajstić information content (AvgIpc) is 3.40. The van der Waals surface area contributed by atoms with Crippen LogP contribution in [0.3, 0.4) is 0 Å². The van der Waals surface area contributed by atoms with E-state index in [1.807, 2.05) is 68.4 Å². The first-order chi connectivity index (χ1) is 17.1. The highest BCUT2D eigenvalue weighted by atomic mass is 16.7. The molecule has 2 aliphatic heterocycles. The van der Waals surface area contributed by atoms with Crippen molar-refractivity contribution in [1.29, 1.82) is 0 Å². The van der Waals surface area contributed by atoms with Gasteiger partial charge in [-0.3, -0.25) is 14.4 Å². The predicted octanol–water partition coefficient (Wildman–Crippen LogP) is 4.93. The van der Waals surface area contributed by atoms with E-state index < -0.39 is 18.1 Å². The first kappa shape index (κ1) is 22.9. The average molecular weight is 473 g/mol. The van der Waals surface area contributed by atoms with Gasteiger partial charge in [-0.15, -0.1) is 0 Å². The highest BCUT2D eigenvalue weighted by Gasteiger charge is 2.60. The molecule has 2 fully saturated rings. The number of hydrogen-bond donors (Lipinski definition) is 0. The number of amides is 2. The Kier molecular flexibility index (Phi) is 6.42. The fourth-order valence-electron chi connectivity index (χ4n) is 4.65. The SMILES string of the molecule is CCCOc1ccc(N2C(=O)[C@@H]3[C@@H](ON(c4ccccc4)[C@H]3c3ccc(OCC)cc3)C2=O)cc1. The van der Waals surface area contributed by atoms with Gasteiger partial charge in [0.1, 0.15) is 17.4 Å². The van der Waals surface area contributed by atoms with E-state index in [2.05, 4.69) is 0 Å². The Morgan fingerprint density at radius 2 is 1.43 bits per heavy atom. The van der Waals surface area contributed by atoms with Crippen LogP contribution in [0.15, 0.2) is 78.9 Å². The van der Waals surface area contributed by atoms with Gasteiger partial charge in [-0.2, -0.15) is 0 Å². The number of carbonyl (C=O) groups excluding carboxylic acids is 2. The summed E-state index contributed by atoms with van der Waals surface area (Å²) >= 11 is 0. The number of carbonyl (C=O) groups is 2. The maximum absolute atomic E-state index is 13.7. The van der Waals surface area contributed by atoms with Gasteiger partial charge in [0.2, 0.25) is 5.91 Å². The molecule has 0 spiro atoms. The summed E-state index contributed by atoms with van der Waals surface area (Å²) in [7, 11) is 0. The molecule has 180 valence electrons. The van der Waals surface area contributed by atoms with Crippen LogP contribution >= 0.6 is 0 Å². The molecule has 2 aliphatic rings. The molecule has 3 aromatic carbocycles. The predicted molar refractivity (Wildman–Crippen MR) is 132 cm³/mol. The topological polar surface area (TPSA) is 68.3 Å². The third-order valence-corrected chi connectivity index (χ3v) is 6.23. The van der Waals surface area contributed by atoms with Gasteiger partial charge in [-0.25, -0.2) is 9.96 Å². The second-order valence-corrected chi connectivity index (χ2v) is 8.51. The minimum Gasteiger partial charge on any atom is -0.494 e. The van der Waals surface area contributed by atoms with Crippen LogP contribution in [-0.2, 0) is 14.4 Å². The van der Waals surface area contributed by atoms with Crippen LogP contribution in [0.5, 0.6) is 11.5 Å². The van der Waals surface area contributed by atoms with E-state index in [0.717, 1.165) is 23.4 Å². The van der Waals surface area contributed by atoms with Crippen LogP contribution in [-0.4, -0.2) is 31.1 Å². The van der Waals surface area contributed by atoms with Crippen LogP contribution in [0.25, 0.3) is 0 Å². The first-order valence-corrected chi connectivity index (χ1v) is 12.0. The van der Waals surface area contributed by atoms with Crippen molar-refractivity contribution in [2.45, 2.75) is 32.4 Å². The monoisotopic (exact) mass is 472 g/mol. The molecule has 2 saturated heterocycles. The summed E-state index contributed by atoms with van der Waals surface area (Å²) in [4.78, 5) is 34.6. The Morgan fingerprint density at radius 3 is 2.09 bits per heavy atom. The van der Waals surface area contributed by atoms with Crippen molar-refractivity contribution in [3.8, 4) is 11.5 Å². The van der Waals surface area contributed by atoms with Gasteiger partial charge in [0.25, 0.3) is 5.91 Å². The molecule has 0 aromatic heterocycles. The van der Waals surface area contributed by atoms with Crippen molar-refractivity contribution in [3.63, 3.8) is 0 Å². The lowest BCUT2D eigenvalue weighted by molar-refractivity contribution is -0.126. The number of hydrogen-bond acceptors (Lipinski definition) is 6. The van der Waals surface area contributed by atoms with Crippen molar-refractivity contribution in [1.82, 2.24) is 0 Å². The Labute approximate surface area is 204 Å². The van der Waals surface area contributed by atoms with Gasteiger partial charge in [-0.1, -0.05) is 37.3 Å². The van der Waals surface area contributed by atoms with Crippen LogP contribution in [0.4, 0.5) is 11.4 Å². The van der Waals surface area contributed by atoms with E-state index in [4.69, 9.17) is 14.3 Å². The summed E-state index contributed by atoms with van der Waals surface area (Å²) in [6.07, 6.45) is -0.00793. The van der Waals surface area contributed by atoms with Crippen LogP contribution in [0.1, 0.15) is 31.9 Å². The van der Waals surface area contributed by atoms with Crippen molar-refractivity contribution < 1.29 is 23.9 Å². The summed E-state index contributed by atoms with van der Waals surface area (Å²) < 4.78 is 11.2. The molecule has 7 nitrogen and oxygen atoms in total. The lowest BCUT2D eigenvalue weighted by atomic mass is 9.90. The van der Waals surface area contributed by atoms with Crippen LogP contribution < -0.4 is 19.4 Å². The number of ether oxygens (including phenoxy) is 2. The van der Waals surface area contributed by atoms with Gasteiger partial charge < -0.3 is 9.47 Å². The highest BCUT2D eigenvalue weighted by molar-refractivity contribution is 6.23. The molecule has 0 aliphatic carbocycles. The van der Waals surface area contributed by atoms with E-state index in [9.17, 15) is 9.59 Å². The van der Waals surface area contributed by atoms with Gasteiger partial charge >= 0.3 is 0 Å². The molecule has 35 heavy (non-hydrogen) atoms. The zero-order chi connectivity index (χ0) is 24.4. The molecule has 0 radical (unpaired) electrons. The van der Waals surface area contributed by atoms with E-state index >= 15 is 0 Å². The minimum absolute atomic E-state index is 0.278. The van der Waals surface area contributed by atoms with E-state index in [1.54, 1.807) is 29.3 Å². The summed E-state index contributed by atoms with van der Waals surface area (Å²) in [5.41, 5.74) is 2.17. The molecule has 0 bridgehead atoms. The molecular formula is C28H28N2O5. The maximum atomic E-state index is 13.7. The lowest BCUT2D eigenvalue weighted by Gasteiger charge is -2.29. The van der Waals surface area contributed by atoms with Crippen molar-refractivity contribution in [3.05, 3.63) is 84.4 Å². The van der Waals surface area contributed by atoms with E-state index in [1.165, 1.54) is 4.90 Å². The number of para-hydroxylation sites is 1. The lowest BCUT2D eigenvalue weighted by Crippen LogP contribution is -2.37. The first-order valence-electron chi connectivity index (χ1n) is 12.0. The van der Waals surface area contributed by atoms with Gasteiger partial charge in [0.15, 0.2) is 6.10 Å². The fourth-order valence-corrected chi connectivity index (χ4v) is 4.65. The molecule has 0 N–H and O–H groups in total. The molecule has 0 unspecified atom stereocenters. The third-order valence-electron chi connectivity index (χ3n) is 6.23. The number of hydroxylamine groups is 1. The Balaban J connectivity index is 1.48. The minimum atomic E-state index is -0.907. The maximum Gasteiger partial charge on any atom is 0.266 e. The molecular weight excluding hydrogens is 444 g/mol. The quantitative estimate of drug-likeness (QED) is 0.433. The van der Waals surface area contributed by atoms with Crippen LogP contribution in [0, 0.1) is 5.92 Å². The Hall–Kier alpha value is -3.84. The number of imide groups is 1. The largest absolute Gasteiger partial charge is 0.494 e. The summed E-state index contributed by atoms with van der Waals surface area (Å²) in [6, 6.07) is 23.7. The smallest absolute Gasteiger partial charge is 0.266 e. The molecule has 2 amide bonds. The standard InChI is InChI=1S/C28H28N2O5/c1-3-18-34-23-16-12-20(13-17-23)29-27(31)24-25(19-10-14-22(15-11-19)33-4-2)30(35-26(24)28(29)32)21-8-6-5-7-9-21/h5-17,24-26H,3-4,18H2,1-2H3/t24-,25-,26+/m0/s1. The van der Waals surface area contributed by atoms with Crippen molar-refractivity contribution >= 4 is 23.2 Å². The molecule has 5 rings (SSSR count). The summed E-state index contributed by atoms with van der Waals surface area (Å²) in [5, 5.41) is 1.69. The fraction of sp³-hybridized carbons (Fsp3) is 0.286. The number of anilines is 2. The van der Waals surface area contributed by atoms with Crippen LogP contribution in [0.2, 0.25) is 0 Å². The van der Waals surface area contributed by atoms with Gasteiger partial charge in [-0.05, 0) is 67.4 Å². The van der Waals surface area contributed by atoms with Gasteiger partial charge in [0, 0.05) is 0 Å². The zero-order valence-corrected chi connectivity index (χ0v) is 19.8. The number of rotatable bonds is 8. The highest BCUT2D eigenvalue weighted by Crippen LogP contribution is 2.47. The number of nitrogens with zero attached hydrogens (tertiary/aromatic N) is 2.